The van der Waals surface area contributed by atoms with E-state index in [-0.39, 0.29) is 11.3 Å². The summed E-state index contributed by atoms with van der Waals surface area (Å²) in [7, 11) is 0. The number of rotatable bonds is 23. The molecule has 0 saturated carbocycles. The van der Waals surface area contributed by atoms with Crippen LogP contribution in [0.5, 0.6) is 5.75 Å². The monoisotopic (exact) mass is 590 g/mol. The third kappa shape index (κ3) is 12.8. The lowest BCUT2D eigenvalue weighted by Gasteiger charge is -2.11. The zero-order chi connectivity index (χ0) is 30.5. The van der Waals surface area contributed by atoms with Gasteiger partial charge in [-0.15, -0.1) is 0 Å². The Hall–Kier alpha value is -2.68. The van der Waals surface area contributed by atoms with E-state index in [0.717, 1.165) is 30.4 Å². The molecule has 1 nitrogen and oxygen atoms in total. The largest absolute Gasteiger partial charge is 0.490 e. The van der Waals surface area contributed by atoms with Crippen molar-refractivity contribution in [2.45, 2.75) is 136 Å². The number of ether oxygens (including phenoxy) is 1. The predicted molar refractivity (Wildman–Crippen MR) is 181 cm³/mol. The van der Waals surface area contributed by atoms with Crippen molar-refractivity contribution < 1.29 is 13.5 Å². The van der Waals surface area contributed by atoms with Gasteiger partial charge < -0.3 is 4.74 Å². The summed E-state index contributed by atoms with van der Waals surface area (Å²) in [6.45, 7) is 4.91. The first-order chi connectivity index (χ1) is 21.1. The second-order valence-electron chi connectivity index (χ2n) is 12.3. The molecule has 3 aromatic rings. The van der Waals surface area contributed by atoms with Crippen molar-refractivity contribution in [3.8, 4) is 28.0 Å². The van der Waals surface area contributed by atoms with Gasteiger partial charge in [0.25, 0.3) is 0 Å². The molecule has 0 radical (unpaired) electrons. The molecule has 0 aliphatic carbocycles. The lowest BCUT2D eigenvalue weighted by Crippen LogP contribution is -2.01. The highest BCUT2D eigenvalue weighted by molar-refractivity contribution is 5.71. The van der Waals surface area contributed by atoms with E-state index in [1.54, 1.807) is 12.1 Å². The van der Waals surface area contributed by atoms with Crippen LogP contribution in [0.4, 0.5) is 8.78 Å². The van der Waals surface area contributed by atoms with Crippen LogP contribution in [-0.4, -0.2) is 6.61 Å². The van der Waals surface area contributed by atoms with Gasteiger partial charge in [-0.25, -0.2) is 4.39 Å². The predicted octanol–water partition coefficient (Wildman–Crippen LogP) is 13.3. The maximum atomic E-state index is 15.0. The number of aryl methyl sites for hydroxylation is 1. The molecule has 3 rings (SSSR count). The molecule has 236 valence electrons. The molecule has 0 fully saturated rings. The van der Waals surface area contributed by atoms with E-state index in [1.807, 2.05) is 24.3 Å². The minimum atomic E-state index is -0.904. The molecule has 0 bridgehead atoms. The molecule has 0 unspecified atom stereocenters. The van der Waals surface area contributed by atoms with Gasteiger partial charge in [0, 0.05) is 5.56 Å². The van der Waals surface area contributed by atoms with Crippen molar-refractivity contribution in [1.82, 2.24) is 0 Å². The summed E-state index contributed by atoms with van der Waals surface area (Å²) in [4.78, 5) is 0. The van der Waals surface area contributed by atoms with E-state index in [2.05, 4.69) is 38.1 Å². The van der Waals surface area contributed by atoms with Crippen LogP contribution in [0.15, 0.2) is 60.7 Å². The second kappa shape index (κ2) is 21.1. The summed E-state index contributed by atoms with van der Waals surface area (Å²) in [5.74, 6) is -1.75. The smallest absolute Gasteiger partial charge is 0.201 e. The first-order valence-corrected chi connectivity index (χ1v) is 17.4. The molecule has 0 aliphatic rings. The van der Waals surface area contributed by atoms with Crippen molar-refractivity contribution in [3.63, 3.8) is 0 Å². The highest BCUT2D eigenvalue weighted by Gasteiger charge is 2.16. The Balaban J connectivity index is 1.40. The maximum Gasteiger partial charge on any atom is 0.201 e. The fourth-order valence-electron chi connectivity index (χ4n) is 5.81. The van der Waals surface area contributed by atoms with E-state index in [1.165, 1.54) is 108 Å². The molecule has 0 spiro atoms. The number of benzene rings is 3. The van der Waals surface area contributed by atoms with Gasteiger partial charge >= 0.3 is 0 Å². The maximum absolute atomic E-state index is 15.0. The van der Waals surface area contributed by atoms with Gasteiger partial charge in [-0.2, -0.15) is 4.39 Å². The van der Waals surface area contributed by atoms with Crippen LogP contribution in [0.1, 0.15) is 135 Å². The Morgan fingerprint density at radius 1 is 0.442 bits per heavy atom. The SMILES string of the molecule is CCCCCCCCCCCCc1ccc(-c2ccc(-c3ccc(OCCCCCCCCCC)c(F)c3F)cc2)cc1. The highest BCUT2D eigenvalue weighted by atomic mass is 19.2. The number of hydrogen-bond acceptors (Lipinski definition) is 1. The van der Waals surface area contributed by atoms with E-state index in [4.69, 9.17) is 4.74 Å². The molecule has 0 amide bonds. The van der Waals surface area contributed by atoms with Crippen LogP contribution >= 0.6 is 0 Å². The summed E-state index contributed by atoms with van der Waals surface area (Å²) in [6.07, 6.45) is 24.2. The summed E-state index contributed by atoms with van der Waals surface area (Å²) < 4.78 is 35.4. The third-order valence-electron chi connectivity index (χ3n) is 8.60. The lowest BCUT2D eigenvalue weighted by molar-refractivity contribution is 0.285. The van der Waals surface area contributed by atoms with Crippen molar-refractivity contribution in [3.05, 3.63) is 77.9 Å². The highest BCUT2D eigenvalue weighted by Crippen LogP contribution is 2.32. The molecule has 3 heteroatoms. The fraction of sp³-hybridized carbons (Fsp3) is 0.550. The Kier molecular flexibility index (Phi) is 17.1. The average molecular weight is 591 g/mol. The summed E-state index contributed by atoms with van der Waals surface area (Å²) in [5, 5.41) is 0. The van der Waals surface area contributed by atoms with Crippen molar-refractivity contribution in [1.29, 1.82) is 0 Å². The summed E-state index contributed by atoms with van der Waals surface area (Å²) >= 11 is 0. The number of halogens is 2. The molecule has 0 N–H and O–H groups in total. The minimum Gasteiger partial charge on any atom is -0.490 e. The van der Waals surface area contributed by atoms with Crippen LogP contribution in [0, 0.1) is 11.6 Å². The summed E-state index contributed by atoms with van der Waals surface area (Å²) in [5.41, 5.74) is 4.50. The zero-order valence-electron chi connectivity index (χ0n) is 27.1. The molecular weight excluding hydrogens is 534 g/mol. The Morgan fingerprint density at radius 2 is 0.884 bits per heavy atom. The Bertz CT molecular complexity index is 1140. The lowest BCUT2D eigenvalue weighted by atomic mass is 9.98. The van der Waals surface area contributed by atoms with Crippen molar-refractivity contribution in [2.75, 3.05) is 6.61 Å². The number of unbranched alkanes of at least 4 members (excludes halogenated alkanes) is 16. The van der Waals surface area contributed by atoms with Gasteiger partial charge in [-0.3, -0.25) is 0 Å². The zero-order valence-corrected chi connectivity index (χ0v) is 27.1. The van der Waals surface area contributed by atoms with Gasteiger partial charge in [0.1, 0.15) is 0 Å². The molecular formula is C40H56F2O. The number of hydrogen-bond donors (Lipinski definition) is 0. The Labute approximate surface area is 261 Å². The molecule has 0 aromatic heterocycles. The van der Waals surface area contributed by atoms with Crippen LogP contribution in [0.2, 0.25) is 0 Å². The third-order valence-corrected chi connectivity index (χ3v) is 8.60. The van der Waals surface area contributed by atoms with E-state index >= 15 is 0 Å². The molecule has 0 saturated heterocycles. The van der Waals surface area contributed by atoms with Crippen LogP contribution < -0.4 is 4.74 Å². The quantitative estimate of drug-likeness (QED) is 0.0998. The normalized spacial score (nSPS) is 11.3. The molecule has 3 aromatic carbocycles. The molecule has 0 atom stereocenters. The van der Waals surface area contributed by atoms with E-state index < -0.39 is 11.6 Å². The van der Waals surface area contributed by atoms with Gasteiger partial charge in [-0.1, -0.05) is 165 Å². The van der Waals surface area contributed by atoms with Crippen molar-refractivity contribution >= 4 is 0 Å². The first kappa shape index (κ1) is 34.8. The van der Waals surface area contributed by atoms with E-state index in [0.29, 0.717) is 12.2 Å². The van der Waals surface area contributed by atoms with Gasteiger partial charge in [0.2, 0.25) is 5.82 Å². The van der Waals surface area contributed by atoms with Crippen molar-refractivity contribution in [2.24, 2.45) is 0 Å². The summed E-state index contributed by atoms with van der Waals surface area (Å²) in [6, 6.07) is 19.7. The molecule has 43 heavy (non-hydrogen) atoms. The fourth-order valence-corrected chi connectivity index (χ4v) is 5.81. The first-order valence-electron chi connectivity index (χ1n) is 17.4. The van der Waals surface area contributed by atoms with Gasteiger partial charge in [0.05, 0.1) is 6.61 Å². The van der Waals surface area contributed by atoms with Crippen LogP contribution in [0.3, 0.4) is 0 Å². The van der Waals surface area contributed by atoms with Gasteiger partial charge in [-0.05, 0) is 53.6 Å². The topological polar surface area (TPSA) is 9.23 Å². The van der Waals surface area contributed by atoms with Crippen LogP contribution in [0.25, 0.3) is 22.3 Å². The van der Waals surface area contributed by atoms with E-state index in [9.17, 15) is 8.78 Å². The molecule has 0 heterocycles. The second-order valence-corrected chi connectivity index (χ2v) is 12.3. The minimum absolute atomic E-state index is 0.00119. The average Bonchev–Trinajstić information content (AvgIpc) is 3.03. The molecule has 0 aliphatic heterocycles. The van der Waals surface area contributed by atoms with Gasteiger partial charge in [0.15, 0.2) is 11.6 Å². The Morgan fingerprint density at radius 3 is 1.42 bits per heavy atom. The van der Waals surface area contributed by atoms with Crippen LogP contribution in [-0.2, 0) is 6.42 Å². The standard InChI is InChI=1S/C40H56F2O/c1-3-5-7-9-11-13-14-15-17-19-21-33-22-24-34(25-23-33)35-26-28-36(29-27-35)37-30-31-38(40(42)39(37)41)43-32-20-18-16-12-10-8-6-4-2/h22-31H,3-21,32H2,1-2H3.